The van der Waals surface area contributed by atoms with E-state index in [0.29, 0.717) is 0 Å². The number of hydrogen-bond acceptors (Lipinski definition) is 4. The summed E-state index contributed by atoms with van der Waals surface area (Å²) in [4.78, 5) is 14.8. The van der Waals surface area contributed by atoms with Crippen LogP contribution in [0.25, 0.3) is 0 Å². The molecule has 4 nitrogen and oxygen atoms in total. The molecule has 0 aromatic carbocycles. The molecule has 0 radical (unpaired) electrons. The average Bonchev–Trinajstić information content (AvgIpc) is 2.43. The van der Waals surface area contributed by atoms with Gasteiger partial charge in [-0.05, 0) is 0 Å². The van der Waals surface area contributed by atoms with Gasteiger partial charge in [0.15, 0.2) is 21.9 Å². The van der Waals surface area contributed by atoms with Gasteiger partial charge in [0.05, 0.1) is 11.4 Å². The van der Waals surface area contributed by atoms with Crippen LogP contribution in [0.5, 0.6) is 0 Å². The molecule has 0 fully saturated rings. The Morgan fingerprint density at radius 3 is 1.50 bits per heavy atom. The van der Waals surface area contributed by atoms with E-state index in [9.17, 15) is 8.78 Å². The van der Waals surface area contributed by atoms with E-state index < -0.39 is 23.5 Å². The van der Waals surface area contributed by atoms with Gasteiger partial charge in [-0.25, -0.2) is 28.7 Å². The van der Waals surface area contributed by atoms with Gasteiger partial charge >= 0.3 is 0 Å². The summed E-state index contributed by atoms with van der Waals surface area (Å²) in [5.41, 5.74) is 0.207. The first-order chi connectivity index (χ1) is 9.43. The fourth-order valence-electron chi connectivity index (χ4n) is 1.83. The van der Waals surface area contributed by atoms with Gasteiger partial charge in [0.1, 0.15) is 12.7 Å². The Labute approximate surface area is 124 Å². The fourth-order valence-corrected chi connectivity index (χ4v) is 2.11. The molecule has 0 aliphatic rings. The zero-order valence-electron chi connectivity index (χ0n) is 10.6. The molecule has 0 bridgehead atoms. The van der Waals surface area contributed by atoms with Gasteiger partial charge < -0.3 is 0 Å². The number of nitrogens with zero attached hydrogens (tertiary/aromatic N) is 4. The smallest absolute Gasteiger partial charge is 0.182 e. The van der Waals surface area contributed by atoms with Gasteiger partial charge in [-0.3, -0.25) is 0 Å². The van der Waals surface area contributed by atoms with Crippen molar-refractivity contribution in [3.05, 3.63) is 46.0 Å². The number of halogens is 4. The van der Waals surface area contributed by atoms with Gasteiger partial charge in [0.25, 0.3) is 0 Å². The predicted molar refractivity (Wildman–Crippen MR) is 70.8 cm³/mol. The van der Waals surface area contributed by atoms with Crippen LogP contribution in [0.1, 0.15) is 37.1 Å². The normalized spacial score (nSPS) is 14.1. The highest BCUT2D eigenvalue weighted by molar-refractivity contribution is 6.29. The Hall–Kier alpha value is -1.40. The van der Waals surface area contributed by atoms with Gasteiger partial charge in [-0.2, -0.15) is 0 Å². The highest BCUT2D eigenvalue weighted by atomic mass is 35.5. The van der Waals surface area contributed by atoms with E-state index in [-0.39, 0.29) is 21.7 Å². The van der Waals surface area contributed by atoms with Crippen molar-refractivity contribution < 1.29 is 8.78 Å². The van der Waals surface area contributed by atoms with E-state index in [1.165, 1.54) is 0 Å². The molecule has 20 heavy (non-hydrogen) atoms. The van der Waals surface area contributed by atoms with Crippen molar-refractivity contribution in [3.63, 3.8) is 0 Å². The average molecular weight is 319 g/mol. The van der Waals surface area contributed by atoms with Crippen LogP contribution in [0.2, 0.25) is 10.3 Å². The van der Waals surface area contributed by atoms with E-state index in [4.69, 9.17) is 23.2 Å². The molecule has 0 saturated carbocycles. The zero-order chi connectivity index (χ0) is 14.9. The lowest BCUT2D eigenvalue weighted by atomic mass is 9.89. The lowest BCUT2D eigenvalue weighted by molar-refractivity contribution is 0.498. The minimum atomic E-state index is -0.714. The first-order valence-corrected chi connectivity index (χ1v) is 6.50. The van der Waals surface area contributed by atoms with E-state index in [2.05, 4.69) is 19.9 Å². The summed E-state index contributed by atoms with van der Waals surface area (Å²) in [5.74, 6) is -2.35. The van der Waals surface area contributed by atoms with Gasteiger partial charge in [0.2, 0.25) is 0 Å². The van der Waals surface area contributed by atoms with Gasteiger partial charge in [-0.15, -0.1) is 0 Å². The predicted octanol–water partition coefficient (Wildman–Crippen LogP) is 3.76. The lowest BCUT2D eigenvalue weighted by Gasteiger charge is -2.19. The molecule has 2 heterocycles. The lowest BCUT2D eigenvalue weighted by Crippen LogP contribution is -2.13. The summed E-state index contributed by atoms with van der Waals surface area (Å²) < 4.78 is 27.8. The maximum absolute atomic E-state index is 13.9. The Bertz CT molecular complexity index is 583. The second kappa shape index (κ2) is 5.93. The van der Waals surface area contributed by atoms with E-state index >= 15 is 0 Å². The maximum atomic E-state index is 13.9. The van der Waals surface area contributed by atoms with Crippen molar-refractivity contribution in [2.75, 3.05) is 0 Å². The highest BCUT2D eigenvalue weighted by Gasteiger charge is 2.26. The number of aromatic nitrogens is 4. The summed E-state index contributed by atoms with van der Waals surface area (Å²) in [6.07, 6.45) is 2.32. The molecular formula is C12H10Cl2F2N4. The molecule has 2 rings (SSSR count). The number of hydrogen-bond donors (Lipinski definition) is 0. The molecule has 2 atom stereocenters. The summed E-state index contributed by atoms with van der Waals surface area (Å²) in [5, 5.41) is -0.537. The fraction of sp³-hybridized carbons (Fsp3) is 0.333. The second-order valence-corrected chi connectivity index (χ2v) is 5.02. The summed E-state index contributed by atoms with van der Waals surface area (Å²) in [7, 11) is 0. The third-order valence-electron chi connectivity index (χ3n) is 3.16. The molecular weight excluding hydrogens is 309 g/mol. The summed E-state index contributed by atoms with van der Waals surface area (Å²) in [6, 6.07) is 0. The molecule has 8 heteroatoms. The van der Waals surface area contributed by atoms with Crippen LogP contribution in [-0.4, -0.2) is 19.9 Å². The van der Waals surface area contributed by atoms with Crippen molar-refractivity contribution in [1.82, 2.24) is 19.9 Å². The Balaban J connectivity index is 2.40. The van der Waals surface area contributed by atoms with E-state index in [1.807, 2.05) is 0 Å². The van der Waals surface area contributed by atoms with Crippen LogP contribution in [0.3, 0.4) is 0 Å². The third kappa shape index (κ3) is 2.71. The van der Waals surface area contributed by atoms with Gasteiger partial charge in [0, 0.05) is 11.8 Å². The monoisotopic (exact) mass is 318 g/mol. The standard InChI is InChI=1S/C12H10Cl2F2N4/c1-5(9-7(15)11(13)19-3-17-9)6(2)10-8(16)12(14)20-4-18-10/h3-6H,1-2H3/t5-,6-/m1/s1. The highest BCUT2D eigenvalue weighted by Crippen LogP contribution is 2.34. The molecule has 0 N–H and O–H groups in total. The molecule has 0 aliphatic carbocycles. The third-order valence-corrected chi connectivity index (χ3v) is 3.69. The molecule has 0 aliphatic heterocycles. The SMILES string of the molecule is C[C@@H](c1ncnc(Cl)c1F)[C@@H](C)c1ncnc(Cl)c1F. The molecule has 0 amide bonds. The van der Waals surface area contributed by atoms with Crippen LogP contribution in [-0.2, 0) is 0 Å². The quantitative estimate of drug-likeness (QED) is 0.808. The van der Waals surface area contributed by atoms with Crippen LogP contribution in [0.4, 0.5) is 8.78 Å². The Morgan fingerprint density at radius 2 is 1.15 bits per heavy atom. The molecule has 0 saturated heterocycles. The molecule has 2 aromatic heterocycles. The molecule has 2 aromatic rings. The zero-order valence-corrected chi connectivity index (χ0v) is 12.1. The Morgan fingerprint density at radius 1 is 0.800 bits per heavy atom. The van der Waals surface area contributed by atoms with E-state index in [1.54, 1.807) is 13.8 Å². The first-order valence-electron chi connectivity index (χ1n) is 5.75. The van der Waals surface area contributed by atoms with Crippen molar-refractivity contribution >= 4 is 23.2 Å². The van der Waals surface area contributed by atoms with Crippen LogP contribution in [0.15, 0.2) is 12.7 Å². The molecule has 0 unspecified atom stereocenters. The molecule has 0 spiro atoms. The van der Waals surface area contributed by atoms with Crippen molar-refractivity contribution in [1.29, 1.82) is 0 Å². The van der Waals surface area contributed by atoms with Crippen LogP contribution in [0, 0.1) is 11.6 Å². The van der Waals surface area contributed by atoms with Crippen molar-refractivity contribution in [2.24, 2.45) is 0 Å². The number of rotatable bonds is 3. The van der Waals surface area contributed by atoms with Crippen molar-refractivity contribution in [2.45, 2.75) is 25.7 Å². The van der Waals surface area contributed by atoms with E-state index in [0.717, 1.165) is 12.7 Å². The first kappa shape index (κ1) is 15.0. The van der Waals surface area contributed by atoms with Crippen LogP contribution >= 0.6 is 23.2 Å². The molecule has 106 valence electrons. The van der Waals surface area contributed by atoms with Crippen LogP contribution < -0.4 is 0 Å². The minimum absolute atomic E-state index is 0.103. The maximum Gasteiger partial charge on any atom is 0.182 e. The Kier molecular flexibility index (Phi) is 4.45. The van der Waals surface area contributed by atoms with Gasteiger partial charge in [-0.1, -0.05) is 37.0 Å². The minimum Gasteiger partial charge on any atom is -0.238 e. The topological polar surface area (TPSA) is 51.6 Å². The van der Waals surface area contributed by atoms with Crippen molar-refractivity contribution in [3.8, 4) is 0 Å². The summed E-state index contributed by atoms with van der Waals surface area (Å²) >= 11 is 11.2. The largest absolute Gasteiger partial charge is 0.238 e. The summed E-state index contributed by atoms with van der Waals surface area (Å²) in [6.45, 7) is 3.39. The second-order valence-electron chi connectivity index (χ2n) is 4.30.